The molecule has 0 aliphatic carbocycles. The van der Waals surface area contributed by atoms with Crippen LogP contribution >= 0.6 is 23.1 Å². The van der Waals surface area contributed by atoms with Crippen LogP contribution in [0.5, 0.6) is 0 Å². The summed E-state index contributed by atoms with van der Waals surface area (Å²) in [6.45, 7) is 0. The number of alkyl halides is 3. The minimum absolute atomic E-state index is 0.212. The maximum atomic E-state index is 11.7. The number of hydrogen-bond acceptors (Lipinski definition) is 3. The van der Waals surface area contributed by atoms with Gasteiger partial charge in [0.2, 0.25) is 0 Å². The van der Waals surface area contributed by atoms with Gasteiger partial charge in [0.25, 0.3) is 5.12 Å². The zero-order valence-corrected chi connectivity index (χ0v) is 7.22. The first kappa shape index (κ1) is 9.60. The summed E-state index contributed by atoms with van der Waals surface area (Å²) in [7, 11) is 0. The molecule has 1 aromatic heterocycles. The third-order valence-electron chi connectivity index (χ3n) is 0.920. The topological polar surface area (TPSA) is 17.1 Å². The van der Waals surface area contributed by atoms with Crippen molar-refractivity contribution in [1.29, 1.82) is 0 Å². The lowest BCUT2D eigenvalue weighted by Gasteiger charge is -2.01. The fourth-order valence-corrected chi connectivity index (χ4v) is 1.95. The summed E-state index contributed by atoms with van der Waals surface area (Å²) in [6.07, 6.45) is -4.74. The van der Waals surface area contributed by atoms with Gasteiger partial charge in [0.1, 0.15) is 0 Å². The Morgan fingerprint density at radius 2 is 2.17 bits per heavy atom. The van der Waals surface area contributed by atoms with E-state index in [1.165, 1.54) is 6.07 Å². The van der Waals surface area contributed by atoms with Crippen LogP contribution in [0.2, 0.25) is 0 Å². The Morgan fingerprint density at radius 3 is 2.58 bits per heavy atom. The summed E-state index contributed by atoms with van der Waals surface area (Å²) in [6, 6.07) is 3.07. The largest absolute Gasteiger partial charge is 0.461 e. The molecule has 1 heterocycles. The van der Waals surface area contributed by atoms with E-state index >= 15 is 0 Å². The van der Waals surface area contributed by atoms with Crippen molar-refractivity contribution in [3.05, 3.63) is 17.5 Å². The average Bonchev–Trinajstić information content (AvgIpc) is 2.37. The summed E-state index contributed by atoms with van der Waals surface area (Å²) in [5.74, 6) is 0. The highest BCUT2D eigenvalue weighted by atomic mass is 32.2. The molecular weight excluding hydrogens is 209 g/mol. The zero-order valence-electron chi connectivity index (χ0n) is 5.59. The zero-order chi connectivity index (χ0) is 9.19. The Kier molecular flexibility index (Phi) is 2.79. The molecule has 0 amide bonds. The molecule has 66 valence electrons. The van der Waals surface area contributed by atoms with Crippen molar-refractivity contribution in [1.82, 2.24) is 0 Å². The van der Waals surface area contributed by atoms with E-state index in [1.807, 2.05) is 0 Å². The maximum Gasteiger partial charge on any atom is 0.461 e. The third kappa shape index (κ3) is 2.53. The highest BCUT2D eigenvalue weighted by Crippen LogP contribution is 2.31. The number of hydrogen-bond donors (Lipinski definition) is 0. The van der Waals surface area contributed by atoms with Crippen LogP contribution in [0.25, 0.3) is 0 Å². The summed E-state index contributed by atoms with van der Waals surface area (Å²) in [5, 5.41) is -0.156. The summed E-state index contributed by atoms with van der Waals surface area (Å²) in [5.41, 5.74) is 0. The van der Waals surface area contributed by atoms with Gasteiger partial charge >= 0.3 is 6.18 Å². The lowest BCUT2D eigenvalue weighted by molar-refractivity contribution is -0.160. The number of thioether (sulfide) groups is 1. The number of carbonyl (C=O) groups excluding carboxylic acids is 1. The summed E-state index contributed by atoms with van der Waals surface area (Å²) in [4.78, 5) is 10.4. The minimum atomic E-state index is -4.74. The molecule has 0 aliphatic heterocycles. The van der Waals surface area contributed by atoms with Crippen LogP contribution in [0.1, 0.15) is 0 Å². The number of rotatable bonds is 1. The van der Waals surface area contributed by atoms with E-state index in [1.54, 1.807) is 11.4 Å². The van der Waals surface area contributed by atoms with Crippen LogP contribution in [0.3, 0.4) is 0 Å². The van der Waals surface area contributed by atoms with Crippen LogP contribution in [0.15, 0.2) is 21.7 Å². The van der Waals surface area contributed by atoms with Crippen molar-refractivity contribution in [3.63, 3.8) is 0 Å². The van der Waals surface area contributed by atoms with Crippen molar-refractivity contribution in [3.8, 4) is 0 Å². The maximum absolute atomic E-state index is 11.7. The highest BCUT2D eigenvalue weighted by Gasteiger charge is 2.39. The van der Waals surface area contributed by atoms with Crippen LogP contribution < -0.4 is 0 Å². The SMILES string of the molecule is O=C(Sc1cccs1)C(F)(F)F. The second kappa shape index (κ2) is 3.49. The minimum Gasteiger partial charge on any atom is -0.276 e. The molecule has 1 rings (SSSR count). The highest BCUT2D eigenvalue weighted by molar-refractivity contribution is 8.15. The van der Waals surface area contributed by atoms with Gasteiger partial charge < -0.3 is 0 Å². The smallest absolute Gasteiger partial charge is 0.276 e. The molecule has 12 heavy (non-hydrogen) atoms. The lowest BCUT2D eigenvalue weighted by atomic mass is 10.7. The molecule has 0 N–H and O–H groups in total. The summed E-state index contributed by atoms with van der Waals surface area (Å²) >= 11 is 1.32. The number of carbonyl (C=O) groups is 1. The second-order valence-corrected chi connectivity index (χ2v) is 4.04. The first-order valence-corrected chi connectivity index (χ1v) is 4.52. The molecular formula is C6H3F3OS2. The van der Waals surface area contributed by atoms with E-state index in [4.69, 9.17) is 0 Å². The molecule has 0 aromatic carbocycles. The Labute approximate surface area is 74.6 Å². The molecule has 0 aliphatic rings. The predicted octanol–water partition coefficient (Wildman–Crippen LogP) is 2.93. The fourth-order valence-electron chi connectivity index (χ4n) is 0.471. The van der Waals surface area contributed by atoms with Gasteiger partial charge in [-0.15, -0.1) is 11.3 Å². The molecule has 0 atom stereocenters. The molecule has 1 aromatic rings. The molecule has 6 heteroatoms. The summed E-state index contributed by atoms with van der Waals surface area (Å²) < 4.78 is 35.4. The molecule has 0 saturated carbocycles. The monoisotopic (exact) mass is 212 g/mol. The van der Waals surface area contributed by atoms with Crippen LogP contribution in [-0.2, 0) is 4.79 Å². The Balaban J connectivity index is 2.60. The molecule has 0 unspecified atom stereocenters. The molecule has 0 bridgehead atoms. The Morgan fingerprint density at radius 1 is 1.50 bits per heavy atom. The predicted molar refractivity (Wildman–Crippen MR) is 41.2 cm³/mol. The van der Waals surface area contributed by atoms with Gasteiger partial charge in [0.15, 0.2) is 0 Å². The fraction of sp³-hybridized carbons (Fsp3) is 0.167. The Hall–Kier alpha value is -0.490. The third-order valence-corrected chi connectivity index (χ3v) is 2.87. The quantitative estimate of drug-likeness (QED) is 0.666. The van der Waals surface area contributed by atoms with Crippen molar-refractivity contribution in [2.45, 2.75) is 10.4 Å². The van der Waals surface area contributed by atoms with Crippen molar-refractivity contribution in [2.75, 3.05) is 0 Å². The van der Waals surface area contributed by atoms with Gasteiger partial charge in [0.05, 0.1) is 4.21 Å². The van der Waals surface area contributed by atoms with Gasteiger partial charge in [0, 0.05) is 0 Å². The number of halogens is 3. The first-order valence-electron chi connectivity index (χ1n) is 2.82. The molecule has 0 spiro atoms. The normalized spacial score (nSPS) is 11.6. The second-order valence-electron chi connectivity index (χ2n) is 1.82. The van der Waals surface area contributed by atoms with Crippen molar-refractivity contribution >= 4 is 28.2 Å². The van der Waals surface area contributed by atoms with E-state index < -0.39 is 11.3 Å². The van der Waals surface area contributed by atoms with E-state index in [0.29, 0.717) is 4.21 Å². The number of thiophene rings is 1. The standard InChI is InChI=1S/C6H3F3OS2/c7-6(8,9)5(10)12-4-2-1-3-11-4/h1-3H. The molecule has 0 saturated heterocycles. The van der Waals surface area contributed by atoms with E-state index in [-0.39, 0.29) is 11.8 Å². The van der Waals surface area contributed by atoms with Crippen LogP contribution in [0, 0.1) is 0 Å². The molecule has 0 fully saturated rings. The molecule has 0 radical (unpaired) electrons. The van der Waals surface area contributed by atoms with E-state index in [2.05, 4.69) is 0 Å². The molecule has 1 nitrogen and oxygen atoms in total. The van der Waals surface area contributed by atoms with Crippen molar-refractivity contribution in [2.24, 2.45) is 0 Å². The van der Waals surface area contributed by atoms with Crippen molar-refractivity contribution < 1.29 is 18.0 Å². The van der Waals surface area contributed by atoms with E-state index in [0.717, 1.165) is 11.3 Å². The Bertz CT molecular complexity index is 265. The van der Waals surface area contributed by atoms with Gasteiger partial charge in [-0.1, -0.05) is 6.07 Å². The van der Waals surface area contributed by atoms with Gasteiger partial charge in [-0.2, -0.15) is 13.2 Å². The first-order chi connectivity index (χ1) is 5.50. The van der Waals surface area contributed by atoms with Gasteiger partial charge in [-0.3, -0.25) is 4.79 Å². The van der Waals surface area contributed by atoms with E-state index in [9.17, 15) is 18.0 Å². The average molecular weight is 212 g/mol. The van der Waals surface area contributed by atoms with Crippen LogP contribution in [-0.4, -0.2) is 11.3 Å². The van der Waals surface area contributed by atoms with Crippen LogP contribution in [0.4, 0.5) is 13.2 Å². The van der Waals surface area contributed by atoms with Gasteiger partial charge in [-0.05, 0) is 23.2 Å². The lowest BCUT2D eigenvalue weighted by Crippen LogP contribution is -2.18. The van der Waals surface area contributed by atoms with Gasteiger partial charge in [-0.25, -0.2) is 0 Å².